The van der Waals surface area contributed by atoms with Gasteiger partial charge in [0.05, 0.1) is 31.9 Å². The molecule has 3 aromatic rings. The summed E-state index contributed by atoms with van der Waals surface area (Å²) in [7, 11) is 4.91. The lowest BCUT2D eigenvalue weighted by Crippen LogP contribution is -2.44. The topological polar surface area (TPSA) is 67.9 Å². The first-order valence-electron chi connectivity index (χ1n) is 10.4. The second kappa shape index (κ2) is 8.75. The van der Waals surface area contributed by atoms with Crippen LogP contribution in [0.15, 0.2) is 66.7 Å². The predicted molar refractivity (Wildman–Crippen MR) is 123 cm³/mol. The number of carbonyl (C=O) groups excluding carboxylic acids is 2. The Morgan fingerprint density at radius 2 is 1.69 bits per heavy atom. The molecule has 0 spiro atoms. The van der Waals surface area contributed by atoms with Crippen molar-refractivity contribution in [2.24, 2.45) is 0 Å². The van der Waals surface area contributed by atoms with Crippen LogP contribution in [0.1, 0.15) is 39.0 Å². The van der Waals surface area contributed by atoms with Gasteiger partial charge in [-0.3, -0.25) is 9.59 Å². The van der Waals surface area contributed by atoms with Crippen molar-refractivity contribution in [1.29, 1.82) is 0 Å². The number of hydrogen-bond acceptors (Lipinski definition) is 4. The molecule has 0 aromatic heterocycles. The molecule has 0 unspecified atom stereocenters. The van der Waals surface area contributed by atoms with E-state index >= 15 is 0 Å². The second-order valence-corrected chi connectivity index (χ2v) is 7.89. The Labute approximate surface area is 187 Å². The molecule has 32 heavy (non-hydrogen) atoms. The van der Waals surface area contributed by atoms with Gasteiger partial charge in [-0.15, -0.1) is 0 Å². The van der Waals surface area contributed by atoms with Gasteiger partial charge >= 0.3 is 0 Å². The molecule has 2 amide bonds. The summed E-state index contributed by atoms with van der Waals surface area (Å²) in [5.74, 6) is 0.371. The second-order valence-electron chi connectivity index (χ2n) is 7.89. The quantitative estimate of drug-likeness (QED) is 0.644. The number of methoxy groups -OCH3 is 2. The van der Waals surface area contributed by atoms with Crippen LogP contribution in [-0.2, 0) is 4.79 Å². The average molecular weight is 431 g/mol. The third kappa shape index (κ3) is 3.80. The van der Waals surface area contributed by atoms with E-state index in [0.717, 1.165) is 11.1 Å². The lowest BCUT2D eigenvalue weighted by Gasteiger charge is -2.39. The first-order chi connectivity index (χ1) is 15.4. The van der Waals surface area contributed by atoms with E-state index in [1.165, 1.54) is 0 Å². The fourth-order valence-electron chi connectivity index (χ4n) is 4.30. The molecule has 0 bridgehead atoms. The molecule has 0 radical (unpaired) electrons. The fourth-order valence-corrected chi connectivity index (χ4v) is 4.30. The minimum atomic E-state index is -0.604. The van der Waals surface area contributed by atoms with Crippen LogP contribution in [0.2, 0.25) is 0 Å². The number of rotatable bonds is 5. The number of ether oxygens (including phenoxy) is 2. The van der Waals surface area contributed by atoms with E-state index in [9.17, 15) is 9.59 Å². The lowest BCUT2D eigenvalue weighted by atomic mass is 9.79. The van der Waals surface area contributed by atoms with Gasteiger partial charge in [0.25, 0.3) is 5.91 Å². The van der Waals surface area contributed by atoms with E-state index in [4.69, 9.17) is 9.47 Å². The Hall–Kier alpha value is -3.80. The van der Waals surface area contributed by atoms with Gasteiger partial charge in [-0.2, -0.15) is 0 Å². The molecule has 6 nitrogen and oxygen atoms in total. The summed E-state index contributed by atoms with van der Waals surface area (Å²) in [4.78, 5) is 28.5. The van der Waals surface area contributed by atoms with Gasteiger partial charge in [0.1, 0.15) is 11.5 Å². The molecule has 4 rings (SSSR count). The average Bonchev–Trinajstić information content (AvgIpc) is 2.81. The van der Waals surface area contributed by atoms with E-state index < -0.39 is 12.0 Å². The number of likely N-dealkylation sites (N-methyl/N-ethyl adjacent to an activating group) is 1. The van der Waals surface area contributed by atoms with Crippen molar-refractivity contribution in [3.05, 3.63) is 89.0 Å². The van der Waals surface area contributed by atoms with Gasteiger partial charge in [-0.05, 0) is 53.9 Å². The highest BCUT2D eigenvalue weighted by molar-refractivity contribution is 6.04. The van der Waals surface area contributed by atoms with Gasteiger partial charge in [-0.1, -0.05) is 36.4 Å². The van der Waals surface area contributed by atoms with E-state index in [2.05, 4.69) is 5.32 Å². The van der Waals surface area contributed by atoms with Crippen molar-refractivity contribution in [2.75, 3.05) is 26.6 Å². The van der Waals surface area contributed by atoms with Crippen LogP contribution in [-0.4, -0.2) is 38.0 Å². The molecule has 0 saturated heterocycles. The van der Waals surface area contributed by atoms with Crippen LogP contribution >= 0.6 is 0 Å². The number of amides is 2. The zero-order valence-electron chi connectivity index (χ0n) is 18.6. The van der Waals surface area contributed by atoms with Crippen LogP contribution in [0.3, 0.4) is 0 Å². The van der Waals surface area contributed by atoms with E-state index in [1.807, 2.05) is 67.6 Å². The Bertz CT molecular complexity index is 1160. The standard InChI is InChI=1S/C26H26N2O4/c1-16-9-14-22(32-4)21(15-16)27-25(29)23-19-7-5-6-8-20(19)26(30)28(2)24(23)17-10-12-18(31-3)13-11-17/h5-15,23-24H,1-4H3,(H,27,29)/t23-,24-/m0/s1. The number of nitrogens with one attached hydrogen (secondary N) is 1. The summed E-state index contributed by atoms with van der Waals surface area (Å²) in [5, 5.41) is 3.04. The summed E-state index contributed by atoms with van der Waals surface area (Å²) in [6.07, 6.45) is 0. The molecule has 1 N–H and O–H groups in total. The largest absolute Gasteiger partial charge is 0.497 e. The number of aryl methyl sites for hydroxylation is 1. The summed E-state index contributed by atoms with van der Waals surface area (Å²) >= 11 is 0. The molecule has 3 aromatic carbocycles. The Balaban J connectivity index is 1.80. The van der Waals surface area contributed by atoms with Crippen LogP contribution < -0.4 is 14.8 Å². The van der Waals surface area contributed by atoms with Gasteiger partial charge in [0, 0.05) is 12.6 Å². The molecule has 6 heteroatoms. The van der Waals surface area contributed by atoms with Crippen molar-refractivity contribution in [1.82, 2.24) is 4.90 Å². The smallest absolute Gasteiger partial charge is 0.254 e. The highest BCUT2D eigenvalue weighted by Crippen LogP contribution is 2.43. The number of hydrogen-bond donors (Lipinski definition) is 1. The lowest BCUT2D eigenvalue weighted by molar-refractivity contribution is -0.119. The SMILES string of the molecule is COc1ccc([C@H]2[C@@H](C(=O)Nc3cc(C)ccc3OC)c3ccccc3C(=O)N2C)cc1. The van der Waals surface area contributed by atoms with Crippen molar-refractivity contribution in [3.63, 3.8) is 0 Å². The molecule has 164 valence electrons. The summed E-state index contributed by atoms with van der Waals surface area (Å²) < 4.78 is 10.7. The number of nitrogens with zero attached hydrogens (tertiary/aromatic N) is 1. The normalized spacial score (nSPS) is 17.5. The maximum atomic E-state index is 13.7. The van der Waals surface area contributed by atoms with E-state index in [1.54, 1.807) is 32.2 Å². The van der Waals surface area contributed by atoms with Crippen LogP contribution in [0.4, 0.5) is 5.69 Å². The first-order valence-corrected chi connectivity index (χ1v) is 10.4. The van der Waals surface area contributed by atoms with Gasteiger partial charge in [-0.25, -0.2) is 0 Å². The minimum absolute atomic E-state index is 0.112. The molecule has 1 aliphatic rings. The predicted octanol–water partition coefficient (Wildman–Crippen LogP) is 4.56. The maximum absolute atomic E-state index is 13.7. The van der Waals surface area contributed by atoms with Crippen LogP contribution in [0, 0.1) is 6.92 Å². The molecule has 2 atom stereocenters. The highest BCUT2D eigenvalue weighted by atomic mass is 16.5. The monoisotopic (exact) mass is 430 g/mol. The third-order valence-electron chi connectivity index (χ3n) is 5.93. The van der Waals surface area contributed by atoms with E-state index in [0.29, 0.717) is 28.3 Å². The Morgan fingerprint density at radius 3 is 2.38 bits per heavy atom. The van der Waals surface area contributed by atoms with Crippen molar-refractivity contribution in [3.8, 4) is 11.5 Å². The Kier molecular flexibility index (Phi) is 5.86. The Morgan fingerprint density at radius 1 is 0.969 bits per heavy atom. The summed E-state index contributed by atoms with van der Waals surface area (Å²) in [6.45, 7) is 1.96. The molecule has 0 saturated carbocycles. The molecule has 1 aliphatic heterocycles. The molecular weight excluding hydrogens is 404 g/mol. The molecule has 1 heterocycles. The zero-order valence-corrected chi connectivity index (χ0v) is 18.6. The van der Waals surface area contributed by atoms with Crippen LogP contribution in [0.5, 0.6) is 11.5 Å². The van der Waals surface area contributed by atoms with Crippen molar-refractivity contribution >= 4 is 17.5 Å². The van der Waals surface area contributed by atoms with Gasteiger partial charge < -0.3 is 19.7 Å². The minimum Gasteiger partial charge on any atom is -0.497 e. The summed E-state index contributed by atoms with van der Waals surface area (Å²) in [6, 6.07) is 19.9. The van der Waals surface area contributed by atoms with E-state index in [-0.39, 0.29) is 11.8 Å². The summed E-state index contributed by atoms with van der Waals surface area (Å²) in [5.41, 5.74) is 3.70. The maximum Gasteiger partial charge on any atom is 0.254 e. The number of carbonyl (C=O) groups is 2. The van der Waals surface area contributed by atoms with Crippen molar-refractivity contribution < 1.29 is 19.1 Å². The van der Waals surface area contributed by atoms with Gasteiger partial charge in [0.15, 0.2) is 0 Å². The third-order valence-corrected chi connectivity index (χ3v) is 5.93. The van der Waals surface area contributed by atoms with Gasteiger partial charge in [0.2, 0.25) is 5.91 Å². The first kappa shape index (κ1) is 21.4. The number of fused-ring (bicyclic) bond motifs is 1. The number of anilines is 1. The molecular formula is C26H26N2O4. The molecule has 0 fully saturated rings. The molecule has 0 aliphatic carbocycles. The number of benzene rings is 3. The van der Waals surface area contributed by atoms with Crippen LogP contribution in [0.25, 0.3) is 0 Å². The van der Waals surface area contributed by atoms with Crippen molar-refractivity contribution in [2.45, 2.75) is 18.9 Å². The highest BCUT2D eigenvalue weighted by Gasteiger charge is 2.42. The zero-order chi connectivity index (χ0) is 22.8. The fraction of sp³-hybridized carbons (Fsp3) is 0.231.